The maximum absolute atomic E-state index is 12.8. The quantitative estimate of drug-likeness (QED) is 0.223. The smallest absolute Gasteiger partial charge is 0.463 e. The van der Waals surface area contributed by atoms with Crippen LogP contribution >= 0.6 is 0 Å². The predicted molar refractivity (Wildman–Crippen MR) is 83.3 cm³/mol. The van der Waals surface area contributed by atoms with E-state index >= 15 is 0 Å². The highest BCUT2D eigenvalue weighted by molar-refractivity contribution is 7.87. The Morgan fingerprint density at radius 2 is 1.45 bits per heavy atom. The monoisotopic (exact) mass is 452 g/mol. The minimum atomic E-state index is -6.21. The van der Waals surface area contributed by atoms with Crippen LogP contribution in [0.5, 0.6) is 0 Å². The fraction of sp³-hybridized carbons (Fsp3) is 0.786. The number of hydrogen-bond acceptors (Lipinski definition) is 11. The molecule has 0 aromatic heterocycles. The number of hydrogen-bond donors (Lipinski definition) is 0. The largest absolute Gasteiger partial charge is 0.523 e. The molecule has 1 aliphatic heterocycles. The van der Waals surface area contributed by atoms with Gasteiger partial charge in [0.25, 0.3) is 0 Å². The van der Waals surface area contributed by atoms with Crippen LogP contribution in [0, 0.1) is 0 Å². The molecule has 0 radical (unpaired) electrons. The zero-order valence-corrected chi connectivity index (χ0v) is 16.4. The third-order valence-corrected chi connectivity index (χ3v) is 4.44. The van der Waals surface area contributed by atoms with Crippen LogP contribution in [0.15, 0.2) is 0 Å². The molecule has 0 N–H and O–H groups in total. The Hall–Kier alpha value is -1.97. The van der Waals surface area contributed by atoms with E-state index in [1.54, 1.807) is 0 Å². The lowest BCUT2D eigenvalue weighted by atomic mass is 9.98. The zero-order chi connectivity index (χ0) is 22.6. The molecule has 15 heteroatoms. The predicted octanol–water partition coefficient (Wildman–Crippen LogP) is 0.0190. The number of esters is 3. The van der Waals surface area contributed by atoms with E-state index in [0.717, 1.165) is 27.9 Å². The van der Waals surface area contributed by atoms with Gasteiger partial charge < -0.3 is 23.7 Å². The summed E-state index contributed by atoms with van der Waals surface area (Å²) in [5, 5.41) is 0. The lowest BCUT2D eigenvalue weighted by Gasteiger charge is -2.43. The summed E-state index contributed by atoms with van der Waals surface area (Å²) in [5.74, 6) is -2.90. The highest BCUT2D eigenvalue weighted by Crippen LogP contribution is 2.34. The third kappa shape index (κ3) is 6.80. The van der Waals surface area contributed by atoms with Crippen LogP contribution in [0.4, 0.5) is 13.2 Å². The van der Waals surface area contributed by atoms with Crippen molar-refractivity contribution in [3.8, 4) is 0 Å². The van der Waals surface area contributed by atoms with Crippen molar-refractivity contribution in [3.05, 3.63) is 0 Å². The molecule has 1 rings (SSSR count). The van der Waals surface area contributed by atoms with E-state index in [0.29, 0.717) is 0 Å². The van der Waals surface area contributed by atoms with E-state index in [1.807, 2.05) is 0 Å². The van der Waals surface area contributed by atoms with Crippen LogP contribution in [0.3, 0.4) is 0 Å². The Bertz CT molecular complexity index is 721. The second kappa shape index (κ2) is 9.69. The summed E-state index contributed by atoms with van der Waals surface area (Å²) < 4.78 is 90.3. The van der Waals surface area contributed by atoms with Crippen molar-refractivity contribution in [3.63, 3.8) is 0 Å². The van der Waals surface area contributed by atoms with Gasteiger partial charge in [-0.1, -0.05) is 0 Å². The SMILES string of the molecule is CO[C@@H]1O[C@H](COC(C)=O)[C@H](OS(=O)(=O)C(F)(F)F)[C@H](OC(C)=O)[C@H]1OC(C)=O. The molecule has 1 aliphatic rings. The molecule has 168 valence electrons. The van der Waals surface area contributed by atoms with Gasteiger partial charge in [0.2, 0.25) is 0 Å². The van der Waals surface area contributed by atoms with Crippen molar-refractivity contribution < 1.29 is 63.8 Å². The first-order valence-electron chi connectivity index (χ1n) is 7.85. The van der Waals surface area contributed by atoms with E-state index < -0.39 is 70.8 Å². The Labute approximate surface area is 163 Å². The maximum Gasteiger partial charge on any atom is 0.523 e. The van der Waals surface area contributed by atoms with Gasteiger partial charge >= 0.3 is 33.5 Å². The number of halogens is 3. The number of carbonyl (C=O) groups excluding carboxylic acids is 3. The van der Waals surface area contributed by atoms with Crippen molar-refractivity contribution in [1.29, 1.82) is 0 Å². The minimum absolute atomic E-state index is 0.780. The molecule has 1 saturated heterocycles. The summed E-state index contributed by atoms with van der Waals surface area (Å²) in [4.78, 5) is 33.9. The van der Waals surface area contributed by atoms with E-state index in [9.17, 15) is 36.0 Å². The minimum Gasteiger partial charge on any atom is -0.463 e. The van der Waals surface area contributed by atoms with Crippen LogP contribution in [0.1, 0.15) is 20.8 Å². The number of methoxy groups -OCH3 is 1. The molecule has 11 nitrogen and oxygen atoms in total. The molecule has 1 heterocycles. The van der Waals surface area contributed by atoms with Crippen LogP contribution in [-0.2, 0) is 52.4 Å². The second-order valence-corrected chi connectivity index (χ2v) is 7.25. The van der Waals surface area contributed by atoms with Gasteiger partial charge in [-0.2, -0.15) is 21.6 Å². The molecule has 0 unspecified atom stereocenters. The van der Waals surface area contributed by atoms with Gasteiger partial charge in [0.05, 0.1) is 0 Å². The standard InChI is InChI=1S/C14H19F3O11S/c1-6(18)24-5-9-10(28-29(21,22)14(15,16)17)11(25-7(2)19)12(26-8(3)20)13(23-4)27-9/h9-13H,5H2,1-4H3/t9-,10+,11+,12-,13-/m1/s1. The molecule has 0 spiro atoms. The topological polar surface area (TPSA) is 141 Å². The van der Waals surface area contributed by atoms with Crippen molar-refractivity contribution >= 4 is 28.0 Å². The summed E-state index contributed by atoms with van der Waals surface area (Å²) in [7, 11) is -5.13. The van der Waals surface area contributed by atoms with Gasteiger partial charge in [0.15, 0.2) is 18.5 Å². The van der Waals surface area contributed by atoms with Gasteiger partial charge in [0.1, 0.15) is 18.8 Å². The van der Waals surface area contributed by atoms with E-state index in [1.165, 1.54) is 0 Å². The first-order valence-corrected chi connectivity index (χ1v) is 9.26. The highest BCUT2D eigenvalue weighted by Gasteiger charge is 2.57. The number of carbonyl (C=O) groups is 3. The van der Waals surface area contributed by atoms with Crippen LogP contribution in [-0.4, -0.2) is 76.3 Å². The first kappa shape index (κ1) is 25.1. The highest BCUT2D eigenvalue weighted by atomic mass is 32.2. The zero-order valence-electron chi connectivity index (χ0n) is 15.6. The Morgan fingerprint density at radius 1 is 0.931 bits per heavy atom. The second-order valence-electron chi connectivity index (χ2n) is 5.69. The summed E-state index contributed by atoms with van der Waals surface area (Å²) >= 11 is 0. The molecular weight excluding hydrogens is 433 g/mol. The lowest BCUT2D eigenvalue weighted by molar-refractivity contribution is -0.297. The van der Waals surface area contributed by atoms with Crippen LogP contribution in [0.25, 0.3) is 0 Å². The molecular formula is C14H19F3O11S. The third-order valence-electron chi connectivity index (χ3n) is 3.40. The van der Waals surface area contributed by atoms with Crippen LogP contribution < -0.4 is 0 Å². The lowest BCUT2D eigenvalue weighted by Crippen LogP contribution is -2.63. The van der Waals surface area contributed by atoms with Gasteiger partial charge in [-0.25, -0.2) is 0 Å². The molecule has 0 aromatic carbocycles. The molecule has 0 bridgehead atoms. The molecule has 29 heavy (non-hydrogen) atoms. The Morgan fingerprint density at radius 3 is 1.86 bits per heavy atom. The van der Waals surface area contributed by atoms with Crippen molar-refractivity contribution in [2.45, 2.75) is 57.0 Å². The van der Waals surface area contributed by atoms with Gasteiger partial charge in [-0.05, 0) is 0 Å². The van der Waals surface area contributed by atoms with Crippen molar-refractivity contribution in [2.75, 3.05) is 13.7 Å². The summed E-state index contributed by atoms with van der Waals surface area (Å²) in [5.41, 5.74) is -5.82. The molecule has 1 fully saturated rings. The summed E-state index contributed by atoms with van der Waals surface area (Å²) in [6.45, 7) is 2.01. The Balaban J connectivity index is 3.42. The van der Waals surface area contributed by atoms with Crippen molar-refractivity contribution in [2.24, 2.45) is 0 Å². The fourth-order valence-electron chi connectivity index (χ4n) is 2.36. The van der Waals surface area contributed by atoms with E-state index in [2.05, 4.69) is 8.92 Å². The molecule has 0 aromatic rings. The van der Waals surface area contributed by atoms with Crippen LogP contribution in [0.2, 0.25) is 0 Å². The average molecular weight is 452 g/mol. The van der Waals surface area contributed by atoms with Gasteiger partial charge in [-0.15, -0.1) is 0 Å². The fourth-order valence-corrected chi connectivity index (χ4v) is 3.00. The maximum atomic E-state index is 12.8. The molecule has 0 aliphatic carbocycles. The Kier molecular flexibility index (Phi) is 8.37. The van der Waals surface area contributed by atoms with Gasteiger partial charge in [0, 0.05) is 27.9 Å². The van der Waals surface area contributed by atoms with E-state index in [4.69, 9.17) is 18.9 Å². The summed E-state index contributed by atoms with van der Waals surface area (Å²) in [6, 6.07) is 0. The number of alkyl halides is 3. The molecule has 0 saturated carbocycles. The van der Waals surface area contributed by atoms with Crippen molar-refractivity contribution in [1.82, 2.24) is 0 Å². The average Bonchev–Trinajstić information content (AvgIpc) is 2.54. The normalized spacial score (nSPS) is 27.8. The molecule has 0 amide bonds. The number of ether oxygens (including phenoxy) is 5. The summed E-state index contributed by atoms with van der Waals surface area (Å²) in [6.07, 6.45) is -9.01. The molecule has 5 atom stereocenters. The first-order chi connectivity index (χ1) is 13.2. The number of rotatable bonds is 7. The van der Waals surface area contributed by atoms with Gasteiger partial charge in [-0.3, -0.25) is 18.6 Å². The van der Waals surface area contributed by atoms with E-state index in [-0.39, 0.29) is 0 Å².